The van der Waals surface area contributed by atoms with Gasteiger partial charge in [0.2, 0.25) is 0 Å². The van der Waals surface area contributed by atoms with Gasteiger partial charge in [0, 0.05) is 42.5 Å². The average Bonchev–Trinajstić information content (AvgIpc) is 3.31. The van der Waals surface area contributed by atoms with Gasteiger partial charge in [-0.1, -0.05) is 48.5 Å². The molecule has 5 heteroatoms. The minimum atomic E-state index is -0.387. The molecular formula is C22H22N4O. The van der Waals surface area contributed by atoms with Crippen molar-refractivity contribution in [2.75, 3.05) is 6.54 Å². The second kappa shape index (κ2) is 7.60. The standard InChI is InChI=1S/C22H22N4O/c1-26-15-16(13-25-26)11-12-23-21(17-7-3-2-4-8-17)22(27)19-14-24-20-10-6-5-9-18(19)20/h2-10,13-15,21,23-24H,11-12H2,1H3/t21-/m0/s1. The van der Waals surface area contributed by atoms with E-state index in [1.165, 1.54) is 0 Å². The molecule has 0 amide bonds. The summed E-state index contributed by atoms with van der Waals surface area (Å²) in [5.41, 5.74) is 3.81. The third kappa shape index (κ3) is 3.68. The van der Waals surface area contributed by atoms with Crippen LogP contribution in [0.1, 0.15) is 27.5 Å². The molecule has 136 valence electrons. The van der Waals surface area contributed by atoms with Crippen LogP contribution in [0.25, 0.3) is 10.9 Å². The molecule has 0 aliphatic carbocycles. The van der Waals surface area contributed by atoms with Crippen LogP contribution in [-0.2, 0) is 13.5 Å². The van der Waals surface area contributed by atoms with Crippen LogP contribution in [-0.4, -0.2) is 27.1 Å². The van der Waals surface area contributed by atoms with Crippen LogP contribution in [0, 0.1) is 0 Å². The largest absolute Gasteiger partial charge is 0.360 e. The molecule has 0 saturated carbocycles. The predicted molar refractivity (Wildman–Crippen MR) is 107 cm³/mol. The summed E-state index contributed by atoms with van der Waals surface area (Å²) in [4.78, 5) is 16.6. The summed E-state index contributed by atoms with van der Waals surface area (Å²) in [5.74, 6) is 0.0739. The molecule has 5 nitrogen and oxygen atoms in total. The van der Waals surface area contributed by atoms with Gasteiger partial charge in [-0.15, -0.1) is 0 Å². The van der Waals surface area contributed by atoms with Gasteiger partial charge in [0.15, 0.2) is 5.78 Å². The first-order valence-corrected chi connectivity index (χ1v) is 9.08. The van der Waals surface area contributed by atoms with E-state index in [1.807, 2.05) is 80.2 Å². The maximum absolute atomic E-state index is 13.4. The molecule has 2 heterocycles. The summed E-state index contributed by atoms with van der Waals surface area (Å²) in [6.45, 7) is 0.694. The topological polar surface area (TPSA) is 62.7 Å². The summed E-state index contributed by atoms with van der Waals surface area (Å²) in [6.07, 6.45) is 6.49. The van der Waals surface area contributed by atoms with Crippen molar-refractivity contribution < 1.29 is 4.79 Å². The highest BCUT2D eigenvalue weighted by Crippen LogP contribution is 2.24. The molecule has 1 atom stereocenters. The van der Waals surface area contributed by atoms with Crippen LogP contribution < -0.4 is 5.32 Å². The van der Waals surface area contributed by atoms with E-state index in [4.69, 9.17) is 0 Å². The number of nitrogens with zero attached hydrogens (tertiary/aromatic N) is 2. The number of ketones is 1. The SMILES string of the molecule is Cn1cc(CCN[C@H](C(=O)c2c[nH]c3ccccc23)c2ccccc2)cn1. The molecule has 0 aliphatic heterocycles. The maximum Gasteiger partial charge on any atom is 0.186 e. The van der Waals surface area contributed by atoms with Crippen LogP contribution in [0.15, 0.2) is 73.2 Å². The zero-order valence-electron chi connectivity index (χ0n) is 15.2. The molecule has 0 aliphatic rings. The Morgan fingerprint density at radius 3 is 2.70 bits per heavy atom. The number of carbonyl (C=O) groups excluding carboxylic acids is 1. The van der Waals surface area contributed by atoms with Crippen LogP contribution in [0.3, 0.4) is 0 Å². The fraction of sp³-hybridized carbons (Fsp3) is 0.182. The van der Waals surface area contributed by atoms with Crippen LogP contribution >= 0.6 is 0 Å². The van der Waals surface area contributed by atoms with Gasteiger partial charge in [0.05, 0.1) is 12.2 Å². The second-order valence-electron chi connectivity index (χ2n) is 6.68. The number of nitrogens with one attached hydrogen (secondary N) is 2. The number of rotatable bonds is 7. The lowest BCUT2D eigenvalue weighted by Crippen LogP contribution is -2.30. The molecule has 0 unspecified atom stereocenters. The monoisotopic (exact) mass is 358 g/mol. The summed E-state index contributed by atoms with van der Waals surface area (Å²) in [7, 11) is 1.91. The Bertz CT molecular complexity index is 1050. The molecule has 2 aromatic carbocycles. The molecule has 2 N–H and O–H groups in total. The molecule has 0 saturated heterocycles. The molecule has 0 spiro atoms. The normalized spacial score (nSPS) is 12.3. The van der Waals surface area contributed by atoms with Gasteiger partial charge in [0.1, 0.15) is 0 Å². The maximum atomic E-state index is 13.4. The van der Waals surface area contributed by atoms with Gasteiger partial charge in [0.25, 0.3) is 0 Å². The lowest BCUT2D eigenvalue weighted by molar-refractivity contribution is 0.0945. The second-order valence-corrected chi connectivity index (χ2v) is 6.68. The third-order valence-corrected chi connectivity index (χ3v) is 4.77. The van der Waals surface area contributed by atoms with Crippen molar-refractivity contribution in [3.8, 4) is 0 Å². The van der Waals surface area contributed by atoms with Crippen molar-refractivity contribution in [3.63, 3.8) is 0 Å². The lowest BCUT2D eigenvalue weighted by Gasteiger charge is -2.18. The van der Waals surface area contributed by atoms with E-state index in [2.05, 4.69) is 15.4 Å². The summed E-state index contributed by atoms with van der Waals surface area (Å²) in [5, 5.41) is 8.60. The van der Waals surface area contributed by atoms with E-state index in [0.29, 0.717) is 12.1 Å². The summed E-state index contributed by atoms with van der Waals surface area (Å²) in [6, 6.07) is 17.4. The van der Waals surface area contributed by atoms with Crippen molar-refractivity contribution in [1.29, 1.82) is 0 Å². The number of H-pyrrole nitrogens is 1. The minimum Gasteiger partial charge on any atom is -0.360 e. The van der Waals surface area contributed by atoms with Crippen molar-refractivity contribution in [2.45, 2.75) is 12.5 Å². The van der Waals surface area contributed by atoms with Gasteiger partial charge < -0.3 is 10.3 Å². The highest BCUT2D eigenvalue weighted by atomic mass is 16.1. The fourth-order valence-electron chi connectivity index (χ4n) is 3.40. The summed E-state index contributed by atoms with van der Waals surface area (Å²) < 4.78 is 1.79. The average molecular weight is 358 g/mol. The number of aryl methyl sites for hydroxylation is 1. The molecule has 4 aromatic rings. The number of benzene rings is 2. The zero-order chi connectivity index (χ0) is 18.6. The van der Waals surface area contributed by atoms with Crippen LogP contribution in [0.5, 0.6) is 0 Å². The summed E-state index contributed by atoms with van der Waals surface area (Å²) >= 11 is 0. The Kier molecular flexibility index (Phi) is 4.85. The molecule has 4 rings (SSSR count). The first-order chi connectivity index (χ1) is 13.2. The minimum absolute atomic E-state index is 0.0739. The number of fused-ring (bicyclic) bond motifs is 1. The first-order valence-electron chi connectivity index (χ1n) is 9.08. The number of Topliss-reactive ketones (excluding diaryl/α,β-unsaturated/α-hetero) is 1. The van der Waals surface area contributed by atoms with Gasteiger partial charge >= 0.3 is 0 Å². The smallest absolute Gasteiger partial charge is 0.186 e. The van der Waals surface area contributed by atoms with E-state index in [9.17, 15) is 4.79 Å². The van der Waals surface area contributed by atoms with Gasteiger partial charge in [-0.2, -0.15) is 5.10 Å². The van der Waals surface area contributed by atoms with E-state index < -0.39 is 0 Å². The van der Waals surface area contributed by atoms with E-state index in [1.54, 1.807) is 4.68 Å². The number of aromatic nitrogens is 3. The Morgan fingerprint density at radius 2 is 1.93 bits per heavy atom. The number of hydrogen-bond donors (Lipinski definition) is 2. The first kappa shape index (κ1) is 17.2. The number of aromatic amines is 1. The van der Waals surface area contributed by atoms with Crippen LogP contribution in [0.4, 0.5) is 0 Å². The van der Waals surface area contributed by atoms with E-state index in [-0.39, 0.29) is 11.8 Å². The number of carbonyl (C=O) groups is 1. The van der Waals surface area contributed by atoms with Gasteiger partial charge in [-0.3, -0.25) is 9.48 Å². The van der Waals surface area contributed by atoms with E-state index in [0.717, 1.165) is 28.5 Å². The molecule has 27 heavy (non-hydrogen) atoms. The molecular weight excluding hydrogens is 336 g/mol. The van der Waals surface area contributed by atoms with Crippen molar-refractivity contribution in [3.05, 3.63) is 89.9 Å². The fourth-order valence-corrected chi connectivity index (χ4v) is 3.40. The Balaban J connectivity index is 1.58. The quantitative estimate of drug-likeness (QED) is 0.496. The van der Waals surface area contributed by atoms with Gasteiger partial charge in [-0.25, -0.2) is 0 Å². The van der Waals surface area contributed by atoms with E-state index >= 15 is 0 Å². The Morgan fingerprint density at radius 1 is 1.15 bits per heavy atom. The van der Waals surface area contributed by atoms with Crippen molar-refractivity contribution in [1.82, 2.24) is 20.1 Å². The Hall–Kier alpha value is -3.18. The third-order valence-electron chi connectivity index (χ3n) is 4.77. The van der Waals surface area contributed by atoms with Gasteiger partial charge in [-0.05, 0) is 23.6 Å². The number of para-hydroxylation sites is 1. The zero-order valence-corrected chi connectivity index (χ0v) is 15.2. The highest BCUT2D eigenvalue weighted by Gasteiger charge is 2.23. The molecule has 2 aromatic heterocycles. The van der Waals surface area contributed by atoms with Crippen LogP contribution in [0.2, 0.25) is 0 Å². The van der Waals surface area contributed by atoms with Crippen molar-refractivity contribution >= 4 is 16.7 Å². The lowest BCUT2D eigenvalue weighted by atomic mass is 9.97. The molecule has 0 radical (unpaired) electrons. The molecule has 0 fully saturated rings. The highest BCUT2D eigenvalue weighted by molar-refractivity contribution is 6.10. The van der Waals surface area contributed by atoms with Crippen molar-refractivity contribution in [2.24, 2.45) is 7.05 Å². The molecule has 0 bridgehead atoms. The Labute approximate surface area is 158 Å². The number of hydrogen-bond acceptors (Lipinski definition) is 3. The predicted octanol–water partition coefficient (Wildman–Crippen LogP) is 3.66.